The number of nitrogens with one attached hydrogen (secondary N) is 2. The van der Waals surface area contributed by atoms with E-state index in [4.69, 9.17) is 0 Å². The maximum absolute atomic E-state index is 12.9. The molecule has 29 heavy (non-hydrogen) atoms. The molecule has 1 atom stereocenters. The van der Waals surface area contributed by atoms with Crippen LogP contribution in [0.15, 0.2) is 77.8 Å². The van der Waals surface area contributed by atoms with Crippen molar-refractivity contribution in [1.82, 2.24) is 15.0 Å². The van der Waals surface area contributed by atoms with Gasteiger partial charge in [-0.2, -0.15) is 0 Å². The second-order valence-corrected chi connectivity index (χ2v) is 9.05. The predicted octanol–water partition coefficient (Wildman–Crippen LogP) is 3.73. The summed E-state index contributed by atoms with van der Waals surface area (Å²) in [5, 5.41) is 3.33. The smallest absolute Gasteiger partial charge is 0.241 e. The molecule has 0 spiro atoms. The lowest BCUT2D eigenvalue weighted by molar-refractivity contribution is 0.507. The number of aromatic nitrogens is 1. The number of sulfonamides is 1. The van der Waals surface area contributed by atoms with Crippen LogP contribution in [0, 0.1) is 0 Å². The van der Waals surface area contributed by atoms with E-state index in [-0.39, 0.29) is 6.04 Å². The molecule has 0 saturated carbocycles. The molecule has 2 aromatic carbocycles. The van der Waals surface area contributed by atoms with E-state index in [1.165, 1.54) is 5.56 Å². The van der Waals surface area contributed by atoms with E-state index in [0.717, 1.165) is 36.1 Å². The Hall–Kier alpha value is -2.54. The molecular formula is C23H25N3O2S. The molecule has 1 aliphatic carbocycles. The van der Waals surface area contributed by atoms with E-state index in [1.54, 1.807) is 18.3 Å². The summed E-state index contributed by atoms with van der Waals surface area (Å²) in [6.07, 6.45) is 4.60. The van der Waals surface area contributed by atoms with Crippen LogP contribution in [0.5, 0.6) is 0 Å². The minimum Gasteiger partial charge on any atom is -0.307 e. The fraction of sp³-hybridized carbons (Fsp3) is 0.261. The molecule has 1 heterocycles. The molecule has 4 rings (SSSR count). The van der Waals surface area contributed by atoms with Gasteiger partial charge in [0.15, 0.2) is 0 Å². The topological polar surface area (TPSA) is 71.1 Å². The molecule has 1 unspecified atom stereocenters. The maximum atomic E-state index is 12.9. The Bertz CT molecular complexity index is 1050. The van der Waals surface area contributed by atoms with Crippen molar-refractivity contribution in [1.29, 1.82) is 0 Å². The monoisotopic (exact) mass is 407 g/mol. The number of rotatable bonds is 7. The van der Waals surface area contributed by atoms with Gasteiger partial charge in [0.05, 0.1) is 10.6 Å². The lowest BCUT2D eigenvalue weighted by Gasteiger charge is -2.26. The molecule has 0 bridgehead atoms. The molecule has 5 nitrogen and oxygen atoms in total. The summed E-state index contributed by atoms with van der Waals surface area (Å²) in [7, 11) is -3.56. The zero-order chi connectivity index (χ0) is 20.1. The summed E-state index contributed by atoms with van der Waals surface area (Å²) in [4.78, 5) is 4.58. The first-order chi connectivity index (χ1) is 14.1. The van der Waals surface area contributed by atoms with Gasteiger partial charge in [0.2, 0.25) is 10.0 Å². The van der Waals surface area contributed by atoms with Crippen molar-refractivity contribution in [2.75, 3.05) is 0 Å². The van der Waals surface area contributed by atoms with Crippen LogP contribution in [-0.4, -0.2) is 13.4 Å². The van der Waals surface area contributed by atoms with E-state index in [2.05, 4.69) is 21.1 Å². The van der Waals surface area contributed by atoms with E-state index in [0.29, 0.717) is 18.0 Å². The first kappa shape index (κ1) is 19.8. The minimum atomic E-state index is -3.56. The van der Waals surface area contributed by atoms with Gasteiger partial charge in [-0.3, -0.25) is 4.98 Å². The summed E-state index contributed by atoms with van der Waals surface area (Å²) in [5.74, 6) is 0. The lowest BCUT2D eigenvalue weighted by atomic mass is 9.88. The molecule has 0 radical (unpaired) electrons. The first-order valence-corrected chi connectivity index (χ1v) is 11.4. The Balaban J connectivity index is 1.39. The summed E-state index contributed by atoms with van der Waals surface area (Å²) in [5.41, 5.74) is 4.34. The quantitative estimate of drug-likeness (QED) is 0.626. The molecule has 2 N–H and O–H groups in total. The Morgan fingerprint density at radius 2 is 1.72 bits per heavy atom. The number of benzene rings is 2. The van der Waals surface area contributed by atoms with Gasteiger partial charge < -0.3 is 5.32 Å². The maximum Gasteiger partial charge on any atom is 0.241 e. The summed E-state index contributed by atoms with van der Waals surface area (Å²) in [6, 6.07) is 20.8. The molecule has 3 aromatic rings. The second-order valence-electron chi connectivity index (χ2n) is 7.33. The van der Waals surface area contributed by atoms with Crippen molar-refractivity contribution < 1.29 is 8.42 Å². The molecule has 1 aliphatic rings. The highest BCUT2D eigenvalue weighted by Crippen LogP contribution is 2.30. The van der Waals surface area contributed by atoms with Gasteiger partial charge in [-0.15, -0.1) is 0 Å². The molecule has 1 aromatic heterocycles. The van der Waals surface area contributed by atoms with Gasteiger partial charge in [0.1, 0.15) is 0 Å². The number of hydrogen-bond acceptors (Lipinski definition) is 4. The molecule has 150 valence electrons. The van der Waals surface area contributed by atoms with Gasteiger partial charge in [-0.1, -0.05) is 42.5 Å². The first-order valence-electron chi connectivity index (χ1n) is 9.91. The number of pyridine rings is 1. The Morgan fingerprint density at radius 3 is 2.52 bits per heavy atom. The highest BCUT2D eigenvalue weighted by Gasteiger charge is 2.25. The average molecular weight is 408 g/mol. The van der Waals surface area contributed by atoms with E-state index in [9.17, 15) is 8.42 Å². The van der Waals surface area contributed by atoms with Gasteiger partial charge in [-0.05, 0) is 60.2 Å². The standard InChI is InChI=1S/C23H25N3O2S/c27-29(28,26-23-10-5-7-19-6-1-2-9-22(19)23)21-13-11-18(12-14-21)16-24-17-20-8-3-4-15-25-20/h1-4,6,8-9,11-15,23-24,26H,5,7,10,16-17H2. The van der Waals surface area contributed by atoms with Crippen molar-refractivity contribution in [3.8, 4) is 0 Å². The normalized spacial score (nSPS) is 16.3. The Labute approximate surface area is 172 Å². The molecule has 6 heteroatoms. The zero-order valence-electron chi connectivity index (χ0n) is 16.2. The zero-order valence-corrected chi connectivity index (χ0v) is 17.0. The number of hydrogen-bond donors (Lipinski definition) is 2. The lowest BCUT2D eigenvalue weighted by Crippen LogP contribution is -2.31. The van der Waals surface area contributed by atoms with E-state index in [1.807, 2.05) is 48.5 Å². The predicted molar refractivity (Wildman–Crippen MR) is 114 cm³/mol. The van der Waals surface area contributed by atoms with Crippen LogP contribution < -0.4 is 10.0 Å². The minimum absolute atomic E-state index is 0.162. The molecule has 0 fully saturated rings. The number of aryl methyl sites for hydroxylation is 1. The van der Waals surface area contributed by atoms with Gasteiger partial charge in [0.25, 0.3) is 0 Å². The highest BCUT2D eigenvalue weighted by molar-refractivity contribution is 7.89. The highest BCUT2D eigenvalue weighted by atomic mass is 32.2. The third kappa shape index (κ3) is 4.90. The van der Waals surface area contributed by atoms with Crippen LogP contribution in [-0.2, 0) is 29.5 Å². The van der Waals surface area contributed by atoms with Gasteiger partial charge in [0, 0.05) is 25.3 Å². The van der Waals surface area contributed by atoms with Crippen molar-refractivity contribution in [2.24, 2.45) is 0 Å². The van der Waals surface area contributed by atoms with E-state index >= 15 is 0 Å². The average Bonchev–Trinajstić information content (AvgIpc) is 2.75. The van der Waals surface area contributed by atoms with Crippen molar-refractivity contribution >= 4 is 10.0 Å². The SMILES string of the molecule is O=S(=O)(NC1CCCc2ccccc21)c1ccc(CNCc2ccccn2)cc1. The van der Waals surface area contributed by atoms with Crippen LogP contribution in [0.3, 0.4) is 0 Å². The van der Waals surface area contributed by atoms with Crippen LogP contribution in [0.4, 0.5) is 0 Å². The molecule has 0 amide bonds. The Kier molecular flexibility index (Phi) is 6.04. The third-order valence-corrected chi connectivity index (χ3v) is 6.75. The molecule has 0 saturated heterocycles. The number of nitrogens with zero attached hydrogens (tertiary/aromatic N) is 1. The van der Waals surface area contributed by atoms with Crippen LogP contribution in [0.1, 0.15) is 41.3 Å². The Morgan fingerprint density at radius 1 is 0.931 bits per heavy atom. The van der Waals surface area contributed by atoms with Gasteiger partial charge >= 0.3 is 0 Å². The fourth-order valence-electron chi connectivity index (χ4n) is 3.76. The van der Waals surface area contributed by atoms with Crippen LogP contribution in [0.2, 0.25) is 0 Å². The summed E-state index contributed by atoms with van der Waals surface area (Å²) < 4.78 is 28.7. The summed E-state index contributed by atoms with van der Waals surface area (Å²) >= 11 is 0. The largest absolute Gasteiger partial charge is 0.307 e. The van der Waals surface area contributed by atoms with Crippen molar-refractivity contribution in [3.63, 3.8) is 0 Å². The van der Waals surface area contributed by atoms with Crippen molar-refractivity contribution in [2.45, 2.75) is 43.3 Å². The van der Waals surface area contributed by atoms with Crippen LogP contribution in [0.25, 0.3) is 0 Å². The third-order valence-electron chi connectivity index (χ3n) is 5.26. The van der Waals surface area contributed by atoms with Crippen LogP contribution >= 0.6 is 0 Å². The second kappa shape index (κ2) is 8.86. The fourth-order valence-corrected chi connectivity index (χ4v) is 5.01. The number of fused-ring (bicyclic) bond motifs is 1. The molecular weight excluding hydrogens is 382 g/mol. The van der Waals surface area contributed by atoms with Gasteiger partial charge in [-0.25, -0.2) is 13.1 Å². The van der Waals surface area contributed by atoms with Crippen molar-refractivity contribution in [3.05, 3.63) is 95.3 Å². The summed E-state index contributed by atoms with van der Waals surface area (Å²) in [6.45, 7) is 1.32. The molecule has 0 aliphatic heterocycles. The van der Waals surface area contributed by atoms with E-state index < -0.39 is 10.0 Å².